The molecule has 0 aliphatic rings. The number of ether oxygens (including phenoxy) is 1. The highest BCUT2D eigenvalue weighted by Gasteiger charge is 2.34. The molecule has 19 heavy (non-hydrogen) atoms. The summed E-state index contributed by atoms with van der Waals surface area (Å²) in [4.78, 5) is 0. The van der Waals surface area contributed by atoms with Crippen molar-refractivity contribution in [3.8, 4) is 11.8 Å². The molecule has 0 spiro atoms. The Kier molecular flexibility index (Phi) is 4.39. The van der Waals surface area contributed by atoms with Gasteiger partial charge in [0, 0.05) is 0 Å². The van der Waals surface area contributed by atoms with E-state index in [9.17, 15) is 21.6 Å². The van der Waals surface area contributed by atoms with Crippen molar-refractivity contribution in [1.82, 2.24) is 0 Å². The van der Waals surface area contributed by atoms with Crippen LogP contribution in [-0.2, 0) is 16.2 Å². The summed E-state index contributed by atoms with van der Waals surface area (Å²) in [7, 11) is -3.81. The van der Waals surface area contributed by atoms with Gasteiger partial charge in [-0.3, -0.25) is 0 Å². The molecule has 1 aromatic rings. The highest BCUT2D eigenvalue weighted by Crippen LogP contribution is 2.36. The predicted octanol–water partition coefficient (Wildman–Crippen LogP) is 1.24. The van der Waals surface area contributed by atoms with Gasteiger partial charge in [0.15, 0.2) is 0 Å². The van der Waals surface area contributed by atoms with Gasteiger partial charge >= 0.3 is 6.18 Å². The van der Waals surface area contributed by atoms with Crippen LogP contribution in [0.3, 0.4) is 0 Å². The number of rotatable bonds is 4. The zero-order valence-corrected chi connectivity index (χ0v) is 10.3. The van der Waals surface area contributed by atoms with Crippen LogP contribution < -0.4 is 9.88 Å². The van der Waals surface area contributed by atoms with E-state index in [2.05, 4.69) is 0 Å². The summed E-state index contributed by atoms with van der Waals surface area (Å²) in [6, 6.07) is 4.31. The molecule has 9 heteroatoms. The van der Waals surface area contributed by atoms with Crippen LogP contribution in [0.4, 0.5) is 13.2 Å². The molecule has 0 aliphatic carbocycles. The zero-order chi connectivity index (χ0) is 14.7. The standard InChI is InChI=1S/C10H9F3N2O3S/c11-10(12,13)8-5-7(6-14)1-2-9(8)18-3-4-19(15,16)17/h1-2,5H,3-4H2,(H2,15,16,17). The fraction of sp³-hybridized carbons (Fsp3) is 0.300. The molecule has 0 saturated heterocycles. The number of halogens is 3. The van der Waals surface area contributed by atoms with Crippen molar-refractivity contribution in [2.75, 3.05) is 12.4 Å². The highest BCUT2D eigenvalue weighted by molar-refractivity contribution is 7.89. The van der Waals surface area contributed by atoms with Crippen LogP contribution in [0.15, 0.2) is 18.2 Å². The van der Waals surface area contributed by atoms with E-state index in [1.54, 1.807) is 6.07 Å². The van der Waals surface area contributed by atoms with Gasteiger partial charge in [-0.1, -0.05) is 0 Å². The Hall–Kier alpha value is -1.79. The Bertz CT molecular complexity index is 605. The average Bonchev–Trinajstić information content (AvgIpc) is 2.26. The van der Waals surface area contributed by atoms with Gasteiger partial charge in [-0.05, 0) is 18.2 Å². The minimum atomic E-state index is -4.70. The first-order chi connectivity index (χ1) is 8.63. The smallest absolute Gasteiger partial charge is 0.420 e. The number of nitrogens with two attached hydrogens (primary N) is 1. The van der Waals surface area contributed by atoms with E-state index in [1.807, 2.05) is 0 Å². The van der Waals surface area contributed by atoms with Crippen LogP contribution in [0, 0.1) is 11.3 Å². The number of sulfonamides is 1. The van der Waals surface area contributed by atoms with Crippen molar-refractivity contribution >= 4 is 10.0 Å². The summed E-state index contributed by atoms with van der Waals surface area (Å²) in [5, 5.41) is 13.2. The topological polar surface area (TPSA) is 93.2 Å². The van der Waals surface area contributed by atoms with Crippen molar-refractivity contribution in [2.24, 2.45) is 5.14 Å². The maximum absolute atomic E-state index is 12.7. The molecular weight excluding hydrogens is 285 g/mol. The lowest BCUT2D eigenvalue weighted by molar-refractivity contribution is -0.138. The summed E-state index contributed by atoms with van der Waals surface area (Å²) < 4.78 is 64.1. The molecule has 2 N–H and O–H groups in total. The van der Waals surface area contributed by atoms with E-state index in [-0.39, 0.29) is 5.56 Å². The second-order valence-corrected chi connectivity index (χ2v) is 5.27. The molecule has 0 heterocycles. The zero-order valence-electron chi connectivity index (χ0n) is 9.44. The van der Waals surface area contributed by atoms with Gasteiger partial charge in [0.1, 0.15) is 12.4 Å². The summed E-state index contributed by atoms with van der Waals surface area (Å²) in [5.41, 5.74) is -1.31. The Morgan fingerprint density at radius 1 is 1.37 bits per heavy atom. The summed E-state index contributed by atoms with van der Waals surface area (Å²) in [6.07, 6.45) is -4.70. The van der Waals surface area contributed by atoms with Gasteiger partial charge in [0.05, 0.1) is 22.9 Å². The molecule has 0 atom stereocenters. The number of hydrogen-bond acceptors (Lipinski definition) is 4. The quantitative estimate of drug-likeness (QED) is 0.904. The second kappa shape index (κ2) is 5.46. The third-order valence-corrected chi connectivity index (χ3v) is 2.78. The van der Waals surface area contributed by atoms with Crippen LogP contribution >= 0.6 is 0 Å². The first-order valence-corrected chi connectivity index (χ1v) is 6.59. The Balaban J connectivity index is 2.98. The average molecular weight is 294 g/mol. The van der Waals surface area contributed by atoms with Gasteiger partial charge in [0.2, 0.25) is 10.0 Å². The Labute approximate surface area is 107 Å². The van der Waals surface area contributed by atoms with E-state index >= 15 is 0 Å². The molecule has 0 radical (unpaired) electrons. The van der Waals surface area contributed by atoms with Crippen LogP contribution in [0.2, 0.25) is 0 Å². The predicted molar refractivity (Wildman–Crippen MR) is 59.6 cm³/mol. The van der Waals surface area contributed by atoms with Crippen LogP contribution in [-0.4, -0.2) is 20.8 Å². The van der Waals surface area contributed by atoms with E-state index in [1.165, 1.54) is 0 Å². The van der Waals surface area contributed by atoms with Crippen molar-refractivity contribution in [3.05, 3.63) is 29.3 Å². The minimum absolute atomic E-state index is 0.175. The highest BCUT2D eigenvalue weighted by atomic mass is 32.2. The molecule has 0 unspecified atom stereocenters. The van der Waals surface area contributed by atoms with Gasteiger partial charge in [-0.15, -0.1) is 0 Å². The van der Waals surface area contributed by atoms with Gasteiger partial charge in [-0.2, -0.15) is 18.4 Å². The molecular formula is C10H9F3N2O3S. The van der Waals surface area contributed by atoms with Crippen LogP contribution in [0.5, 0.6) is 5.75 Å². The molecule has 0 bridgehead atoms. The molecule has 1 aromatic carbocycles. The Morgan fingerprint density at radius 2 is 2.00 bits per heavy atom. The largest absolute Gasteiger partial charge is 0.492 e. The summed E-state index contributed by atoms with van der Waals surface area (Å²) in [6.45, 7) is -0.506. The van der Waals surface area contributed by atoms with Crippen LogP contribution in [0.1, 0.15) is 11.1 Å². The molecule has 5 nitrogen and oxygen atoms in total. The van der Waals surface area contributed by atoms with Crippen LogP contribution in [0.25, 0.3) is 0 Å². The molecule has 0 saturated carbocycles. The summed E-state index contributed by atoms with van der Waals surface area (Å²) in [5.74, 6) is -1.15. The molecule has 104 valence electrons. The van der Waals surface area contributed by atoms with E-state index in [4.69, 9.17) is 15.1 Å². The third kappa shape index (κ3) is 4.76. The molecule has 1 rings (SSSR count). The van der Waals surface area contributed by atoms with E-state index < -0.39 is 39.9 Å². The lowest BCUT2D eigenvalue weighted by Gasteiger charge is -2.13. The maximum Gasteiger partial charge on any atom is 0.420 e. The number of nitrogens with zero attached hydrogens (tertiary/aromatic N) is 1. The molecule has 0 aliphatic heterocycles. The molecule has 0 fully saturated rings. The monoisotopic (exact) mass is 294 g/mol. The van der Waals surface area contributed by atoms with E-state index in [0.29, 0.717) is 6.07 Å². The van der Waals surface area contributed by atoms with Crippen molar-refractivity contribution in [1.29, 1.82) is 5.26 Å². The molecule has 0 aromatic heterocycles. The fourth-order valence-corrected chi connectivity index (χ4v) is 1.53. The van der Waals surface area contributed by atoms with Crippen molar-refractivity contribution in [2.45, 2.75) is 6.18 Å². The van der Waals surface area contributed by atoms with Gasteiger partial charge in [0.25, 0.3) is 0 Å². The van der Waals surface area contributed by atoms with Gasteiger partial charge in [-0.25, -0.2) is 13.6 Å². The van der Waals surface area contributed by atoms with Gasteiger partial charge < -0.3 is 4.74 Å². The minimum Gasteiger partial charge on any atom is -0.492 e. The maximum atomic E-state index is 12.7. The SMILES string of the molecule is N#Cc1ccc(OCCS(N)(=O)=O)c(C(F)(F)F)c1. The molecule has 0 amide bonds. The lowest BCUT2D eigenvalue weighted by Crippen LogP contribution is -2.22. The number of primary sulfonamides is 1. The second-order valence-electron chi connectivity index (χ2n) is 3.54. The fourth-order valence-electron chi connectivity index (χ4n) is 1.21. The number of alkyl halides is 3. The Morgan fingerprint density at radius 3 is 2.47 bits per heavy atom. The third-order valence-electron chi connectivity index (χ3n) is 2.04. The normalized spacial score (nSPS) is 11.9. The van der Waals surface area contributed by atoms with Crippen molar-refractivity contribution in [3.63, 3.8) is 0 Å². The number of hydrogen-bond donors (Lipinski definition) is 1. The first kappa shape index (κ1) is 15.3. The van der Waals surface area contributed by atoms with E-state index in [0.717, 1.165) is 12.1 Å². The first-order valence-electron chi connectivity index (χ1n) is 4.88. The number of benzene rings is 1. The van der Waals surface area contributed by atoms with Crippen molar-refractivity contribution < 1.29 is 26.3 Å². The number of nitriles is 1. The lowest BCUT2D eigenvalue weighted by atomic mass is 10.1. The summed E-state index contributed by atoms with van der Waals surface area (Å²) >= 11 is 0.